The van der Waals surface area contributed by atoms with Gasteiger partial charge >= 0.3 is 0 Å². The van der Waals surface area contributed by atoms with Crippen molar-refractivity contribution in [2.45, 2.75) is 38.6 Å². The summed E-state index contributed by atoms with van der Waals surface area (Å²) in [5.74, 6) is 2.02. The predicted octanol–water partition coefficient (Wildman–Crippen LogP) is 4.65. The number of nitrogens with one attached hydrogen (secondary N) is 1. The Hall–Kier alpha value is -1.19. The summed E-state index contributed by atoms with van der Waals surface area (Å²) in [5, 5.41) is 3.59. The molecule has 2 aromatic rings. The average Bonchev–Trinajstić information content (AvgIpc) is 2.81. The first-order chi connectivity index (χ1) is 9.61. The minimum absolute atomic E-state index is 0.375. The maximum Gasteiger partial charge on any atom is 0.114 e. The number of aryl methyl sites for hydroxylation is 3. The second-order valence-corrected chi connectivity index (χ2v) is 6.18. The number of hydrogen-bond acceptors (Lipinski definition) is 3. The monoisotopic (exact) mass is 289 g/mol. The van der Waals surface area contributed by atoms with E-state index in [2.05, 4.69) is 44.3 Å². The third-order valence-corrected chi connectivity index (χ3v) is 4.70. The molecule has 0 spiro atoms. The van der Waals surface area contributed by atoms with Crippen LogP contribution >= 0.6 is 11.8 Å². The molecule has 2 nitrogen and oxygen atoms in total. The van der Waals surface area contributed by atoms with E-state index < -0.39 is 0 Å². The molecule has 0 amide bonds. The zero-order chi connectivity index (χ0) is 14.5. The molecule has 0 saturated heterocycles. The highest BCUT2D eigenvalue weighted by molar-refractivity contribution is 7.99. The lowest BCUT2D eigenvalue weighted by Gasteiger charge is -2.20. The van der Waals surface area contributed by atoms with E-state index in [9.17, 15) is 0 Å². The maximum absolute atomic E-state index is 5.36. The van der Waals surface area contributed by atoms with Crippen molar-refractivity contribution in [3.05, 3.63) is 53.0 Å². The van der Waals surface area contributed by atoms with Crippen molar-refractivity contribution in [1.29, 1.82) is 0 Å². The molecule has 0 radical (unpaired) electrons. The van der Waals surface area contributed by atoms with E-state index in [0.29, 0.717) is 6.04 Å². The molecule has 1 atom stereocenters. The highest BCUT2D eigenvalue weighted by Crippen LogP contribution is 2.29. The molecule has 1 heterocycles. The van der Waals surface area contributed by atoms with E-state index in [1.165, 1.54) is 21.6 Å². The highest BCUT2D eigenvalue weighted by Gasteiger charge is 2.14. The lowest BCUT2D eigenvalue weighted by atomic mass is 10.0. The lowest BCUT2D eigenvalue weighted by Crippen LogP contribution is -2.23. The Bertz CT molecular complexity index is 562. The molecular weight excluding hydrogens is 266 g/mol. The van der Waals surface area contributed by atoms with Crippen LogP contribution < -0.4 is 5.32 Å². The van der Waals surface area contributed by atoms with Crippen molar-refractivity contribution < 1.29 is 4.42 Å². The molecule has 0 bridgehead atoms. The van der Waals surface area contributed by atoms with Crippen LogP contribution in [0.2, 0.25) is 0 Å². The van der Waals surface area contributed by atoms with Gasteiger partial charge in [0.2, 0.25) is 0 Å². The fourth-order valence-corrected chi connectivity index (χ4v) is 3.46. The Kier molecular flexibility index (Phi) is 5.32. The Labute approximate surface area is 126 Å². The Morgan fingerprint density at radius 1 is 1.20 bits per heavy atom. The topological polar surface area (TPSA) is 25.2 Å². The molecule has 1 N–H and O–H groups in total. The minimum Gasteiger partial charge on any atom is -0.468 e. The molecule has 0 fully saturated rings. The lowest BCUT2D eigenvalue weighted by molar-refractivity contribution is 0.526. The molecular formula is C17H23NOS. The van der Waals surface area contributed by atoms with Crippen molar-refractivity contribution in [3.63, 3.8) is 0 Å². The van der Waals surface area contributed by atoms with Crippen LogP contribution in [0.5, 0.6) is 0 Å². The van der Waals surface area contributed by atoms with Crippen molar-refractivity contribution in [3.8, 4) is 0 Å². The van der Waals surface area contributed by atoms with Crippen molar-refractivity contribution in [2.24, 2.45) is 0 Å². The smallest absolute Gasteiger partial charge is 0.114 e. The largest absolute Gasteiger partial charge is 0.468 e. The summed E-state index contributed by atoms with van der Waals surface area (Å²) < 4.78 is 5.36. The summed E-state index contributed by atoms with van der Waals surface area (Å²) in [5.41, 5.74) is 4.08. The summed E-state index contributed by atoms with van der Waals surface area (Å²) in [6.45, 7) is 9.48. The first-order valence-corrected chi connectivity index (χ1v) is 8.07. The Morgan fingerprint density at radius 2 is 2.00 bits per heavy atom. The van der Waals surface area contributed by atoms with Crippen LogP contribution in [0.3, 0.4) is 0 Å². The number of furan rings is 1. The maximum atomic E-state index is 5.36. The molecule has 0 aliphatic carbocycles. The van der Waals surface area contributed by atoms with Gasteiger partial charge in [-0.2, -0.15) is 0 Å². The van der Waals surface area contributed by atoms with Crippen molar-refractivity contribution >= 4 is 11.8 Å². The molecule has 108 valence electrons. The van der Waals surface area contributed by atoms with E-state index >= 15 is 0 Å². The first kappa shape index (κ1) is 15.2. The average molecular weight is 289 g/mol. The van der Waals surface area contributed by atoms with Gasteiger partial charge in [-0.15, -0.1) is 11.8 Å². The molecule has 1 aromatic heterocycles. The molecule has 3 heteroatoms. The normalized spacial score (nSPS) is 12.6. The first-order valence-electron chi connectivity index (χ1n) is 7.09. The zero-order valence-electron chi connectivity index (χ0n) is 12.7. The van der Waals surface area contributed by atoms with Gasteiger partial charge < -0.3 is 9.73 Å². The van der Waals surface area contributed by atoms with Crippen molar-refractivity contribution in [1.82, 2.24) is 5.32 Å². The van der Waals surface area contributed by atoms with Gasteiger partial charge in [0.05, 0.1) is 6.26 Å². The van der Waals surface area contributed by atoms with Crippen LogP contribution in [0, 0.1) is 20.8 Å². The van der Waals surface area contributed by atoms with E-state index in [1.807, 2.05) is 24.8 Å². The van der Waals surface area contributed by atoms with Gasteiger partial charge in [-0.1, -0.05) is 30.7 Å². The molecule has 0 aliphatic rings. The molecule has 20 heavy (non-hydrogen) atoms. The standard InChI is InChI=1S/C17H23NOS/c1-5-18-16(11-20-17-8-9-19-14(17)4)15-7-6-12(2)10-13(15)3/h6-10,16,18H,5,11H2,1-4H3. The quantitative estimate of drug-likeness (QED) is 0.784. The van der Waals surface area contributed by atoms with Gasteiger partial charge in [0.1, 0.15) is 5.76 Å². The minimum atomic E-state index is 0.375. The number of benzene rings is 1. The molecule has 1 aromatic carbocycles. The summed E-state index contributed by atoms with van der Waals surface area (Å²) >= 11 is 1.85. The number of thioether (sulfide) groups is 1. The van der Waals surface area contributed by atoms with Gasteiger partial charge in [-0.25, -0.2) is 0 Å². The Balaban J connectivity index is 2.12. The van der Waals surface area contributed by atoms with Crippen LogP contribution in [-0.4, -0.2) is 12.3 Å². The second-order valence-electron chi connectivity index (χ2n) is 5.12. The van der Waals surface area contributed by atoms with Crippen LogP contribution in [-0.2, 0) is 0 Å². The number of hydrogen-bond donors (Lipinski definition) is 1. The van der Waals surface area contributed by atoms with E-state index in [-0.39, 0.29) is 0 Å². The summed E-state index contributed by atoms with van der Waals surface area (Å²) in [6, 6.07) is 9.12. The van der Waals surface area contributed by atoms with E-state index in [0.717, 1.165) is 18.1 Å². The van der Waals surface area contributed by atoms with E-state index in [4.69, 9.17) is 4.42 Å². The van der Waals surface area contributed by atoms with Gasteiger partial charge in [0, 0.05) is 16.7 Å². The summed E-state index contributed by atoms with van der Waals surface area (Å²) in [6.07, 6.45) is 1.76. The van der Waals surface area contributed by atoms with Crippen LogP contribution in [0.4, 0.5) is 0 Å². The van der Waals surface area contributed by atoms with Crippen molar-refractivity contribution in [2.75, 3.05) is 12.3 Å². The molecule has 1 unspecified atom stereocenters. The highest BCUT2D eigenvalue weighted by atomic mass is 32.2. The summed E-state index contributed by atoms with van der Waals surface area (Å²) in [7, 11) is 0. The van der Waals surface area contributed by atoms with Gasteiger partial charge in [-0.05, 0) is 44.5 Å². The van der Waals surface area contributed by atoms with Gasteiger partial charge in [0.25, 0.3) is 0 Å². The fraction of sp³-hybridized carbons (Fsp3) is 0.412. The molecule has 0 aliphatic heterocycles. The summed E-state index contributed by atoms with van der Waals surface area (Å²) in [4.78, 5) is 1.23. The van der Waals surface area contributed by atoms with Gasteiger partial charge in [-0.3, -0.25) is 0 Å². The third kappa shape index (κ3) is 3.68. The predicted molar refractivity (Wildman–Crippen MR) is 86.5 cm³/mol. The van der Waals surface area contributed by atoms with Crippen LogP contribution in [0.15, 0.2) is 39.8 Å². The van der Waals surface area contributed by atoms with Crippen LogP contribution in [0.1, 0.15) is 35.4 Å². The van der Waals surface area contributed by atoms with Gasteiger partial charge in [0.15, 0.2) is 0 Å². The second kappa shape index (κ2) is 7.00. The number of rotatable bonds is 6. The Morgan fingerprint density at radius 3 is 2.60 bits per heavy atom. The third-order valence-electron chi connectivity index (χ3n) is 3.47. The molecule has 2 rings (SSSR count). The van der Waals surface area contributed by atoms with E-state index in [1.54, 1.807) is 6.26 Å². The fourth-order valence-electron chi connectivity index (χ4n) is 2.42. The van der Waals surface area contributed by atoms with Crippen LogP contribution in [0.25, 0.3) is 0 Å². The zero-order valence-corrected chi connectivity index (χ0v) is 13.5. The SMILES string of the molecule is CCNC(CSc1ccoc1C)c1ccc(C)cc1C. The molecule has 0 saturated carbocycles.